The Balaban J connectivity index is 1.64. The quantitative estimate of drug-likeness (QED) is 0.903. The van der Waals surface area contributed by atoms with Crippen molar-refractivity contribution in [3.05, 3.63) is 41.9 Å². The first kappa shape index (κ1) is 16.3. The number of piperidine rings is 1. The van der Waals surface area contributed by atoms with Crippen molar-refractivity contribution in [1.82, 2.24) is 25.4 Å². The van der Waals surface area contributed by atoms with Gasteiger partial charge in [0, 0.05) is 45.1 Å². The SMILES string of the molecule is CN(C)c1cc(CNC(=O)N2CCCCC2c2cn[nH]c2)ccn1. The van der Waals surface area contributed by atoms with E-state index in [1.54, 1.807) is 6.20 Å². The van der Waals surface area contributed by atoms with Gasteiger partial charge in [-0.15, -0.1) is 0 Å². The fourth-order valence-corrected chi connectivity index (χ4v) is 3.06. The molecule has 1 fully saturated rings. The molecule has 7 heteroatoms. The monoisotopic (exact) mass is 328 g/mol. The molecule has 0 bridgehead atoms. The third kappa shape index (κ3) is 3.67. The zero-order chi connectivity index (χ0) is 16.9. The number of carbonyl (C=O) groups is 1. The predicted molar refractivity (Wildman–Crippen MR) is 92.7 cm³/mol. The van der Waals surface area contributed by atoms with E-state index in [0.29, 0.717) is 6.54 Å². The molecule has 1 atom stereocenters. The summed E-state index contributed by atoms with van der Waals surface area (Å²) in [4.78, 5) is 20.8. The van der Waals surface area contributed by atoms with E-state index in [4.69, 9.17) is 0 Å². The summed E-state index contributed by atoms with van der Waals surface area (Å²) >= 11 is 0. The van der Waals surface area contributed by atoms with Crippen molar-refractivity contribution >= 4 is 11.8 Å². The molecule has 3 rings (SSSR count). The van der Waals surface area contributed by atoms with Crippen molar-refractivity contribution < 1.29 is 4.79 Å². The molecule has 24 heavy (non-hydrogen) atoms. The lowest BCUT2D eigenvalue weighted by atomic mass is 9.98. The summed E-state index contributed by atoms with van der Waals surface area (Å²) in [5.41, 5.74) is 2.11. The summed E-state index contributed by atoms with van der Waals surface area (Å²) < 4.78 is 0. The Morgan fingerprint density at radius 1 is 1.46 bits per heavy atom. The maximum atomic E-state index is 12.7. The van der Waals surface area contributed by atoms with E-state index >= 15 is 0 Å². The van der Waals surface area contributed by atoms with Gasteiger partial charge in [-0.2, -0.15) is 5.10 Å². The highest BCUT2D eigenvalue weighted by Gasteiger charge is 2.28. The number of pyridine rings is 1. The van der Waals surface area contributed by atoms with Gasteiger partial charge in [0.2, 0.25) is 0 Å². The van der Waals surface area contributed by atoms with Gasteiger partial charge in [0.15, 0.2) is 0 Å². The number of urea groups is 1. The van der Waals surface area contributed by atoms with Crippen LogP contribution in [0.5, 0.6) is 0 Å². The van der Waals surface area contributed by atoms with Crippen molar-refractivity contribution in [2.24, 2.45) is 0 Å². The summed E-state index contributed by atoms with van der Waals surface area (Å²) in [7, 11) is 3.90. The van der Waals surface area contributed by atoms with Gasteiger partial charge in [-0.25, -0.2) is 9.78 Å². The van der Waals surface area contributed by atoms with Crippen LogP contribution in [0, 0.1) is 0 Å². The summed E-state index contributed by atoms with van der Waals surface area (Å²) in [6, 6.07) is 4.00. The number of anilines is 1. The molecule has 0 aliphatic carbocycles. The van der Waals surface area contributed by atoms with Gasteiger partial charge in [0.1, 0.15) is 5.82 Å². The van der Waals surface area contributed by atoms with Crippen LogP contribution in [0.15, 0.2) is 30.7 Å². The van der Waals surface area contributed by atoms with Crippen LogP contribution in [0.25, 0.3) is 0 Å². The fraction of sp³-hybridized carbons (Fsp3) is 0.471. The summed E-state index contributed by atoms with van der Waals surface area (Å²) in [5.74, 6) is 0.885. The largest absolute Gasteiger partial charge is 0.363 e. The smallest absolute Gasteiger partial charge is 0.318 e. The minimum Gasteiger partial charge on any atom is -0.363 e. The average molecular weight is 328 g/mol. The van der Waals surface area contributed by atoms with Crippen LogP contribution in [-0.4, -0.2) is 46.8 Å². The first-order valence-corrected chi connectivity index (χ1v) is 8.30. The molecule has 7 nitrogen and oxygen atoms in total. The molecule has 1 aliphatic heterocycles. The maximum Gasteiger partial charge on any atom is 0.318 e. The van der Waals surface area contributed by atoms with Crippen molar-refractivity contribution in [3.63, 3.8) is 0 Å². The number of aromatic amines is 1. The molecule has 1 aliphatic rings. The lowest BCUT2D eigenvalue weighted by molar-refractivity contribution is 0.151. The number of hydrogen-bond donors (Lipinski definition) is 2. The van der Waals surface area contributed by atoms with Crippen LogP contribution < -0.4 is 10.2 Å². The molecule has 0 spiro atoms. The van der Waals surface area contributed by atoms with Crippen molar-refractivity contribution in [3.8, 4) is 0 Å². The second-order valence-corrected chi connectivity index (χ2v) is 6.31. The minimum absolute atomic E-state index is 0.0240. The minimum atomic E-state index is -0.0240. The van der Waals surface area contributed by atoms with Crippen LogP contribution in [-0.2, 0) is 6.54 Å². The van der Waals surface area contributed by atoms with Crippen molar-refractivity contribution in [1.29, 1.82) is 0 Å². The van der Waals surface area contributed by atoms with Gasteiger partial charge >= 0.3 is 6.03 Å². The summed E-state index contributed by atoms with van der Waals surface area (Å²) in [6.07, 6.45) is 8.61. The van der Waals surface area contributed by atoms with E-state index in [1.165, 1.54) is 0 Å². The highest BCUT2D eigenvalue weighted by Crippen LogP contribution is 2.30. The number of carbonyl (C=O) groups excluding carboxylic acids is 1. The molecule has 1 unspecified atom stereocenters. The lowest BCUT2D eigenvalue weighted by Crippen LogP contribution is -2.44. The average Bonchev–Trinajstić information content (AvgIpc) is 3.14. The number of rotatable bonds is 4. The highest BCUT2D eigenvalue weighted by molar-refractivity contribution is 5.75. The van der Waals surface area contributed by atoms with E-state index < -0.39 is 0 Å². The standard InChI is InChI=1S/C17H24N6O/c1-22(2)16-9-13(6-7-18-16)10-19-17(24)23-8-4-3-5-15(23)14-11-20-21-12-14/h6-7,9,11-12,15H,3-5,8,10H2,1-2H3,(H,19,24)(H,20,21). The Labute approximate surface area is 142 Å². The lowest BCUT2D eigenvalue weighted by Gasteiger charge is -2.35. The van der Waals surface area contributed by atoms with Gasteiger partial charge in [0.05, 0.1) is 12.2 Å². The van der Waals surface area contributed by atoms with E-state index in [9.17, 15) is 4.79 Å². The Kier molecular flexibility index (Phi) is 4.98. The Bertz CT molecular complexity index is 669. The first-order valence-electron chi connectivity index (χ1n) is 8.30. The van der Waals surface area contributed by atoms with Crippen LogP contribution in [0.2, 0.25) is 0 Å². The Hall–Kier alpha value is -2.57. The molecule has 128 valence electrons. The van der Waals surface area contributed by atoms with Crippen LogP contribution in [0.1, 0.15) is 36.4 Å². The topological polar surface area (TPSA) is 77.2 Å². The van der Waals surface area contributed by atoms with Gasteiger partial charge in [-0.3, -0.25) is 5.10 Å². The molecule has 3 heterocycles. The van der Waals surface area contributed by atoms with Crippen molar-refractivity contribution in [2.45, 2.75) is 31.8 Å². The van der Waals surface area contributed by atoms with Crippen molar-refractivity contribution in [2.75, 3.05) is 25.5 Å². The van der Waals surface area contributed by atoms with E-state index in [0.717, 1.165) is 42.8 Å². The number of hydrogen-bond acceptors (Lipinski definition) is 4. The third-order valence-electron chi connectivity index (χ3n) is 4.38. The number of H-pyrrole nitrogens is 1. The number of amides is 2. The summed E-state index contributed by atoms with van der Waals surface area (Å²) in [5, 5.41) is 9.89. The molecule has 2 N–H and O–H groups in total. The Morgan fingerprint density at radius 3 is 3.08 bits per heavy atom. The molecular formula is C17H24N6O. The van der Waals surface area contributed by atoms with Crippen LogP contribution in [0.3, 0.4) is 0 Å². The maximum absolute atomic E-state index is 12.7. The number of nitrogens with one attached hydrogen (secondary N) is 2. The molecule has 1 saturated heterocycles. The third-order valence-corrected chi connectivity index (χ3v) is 4.38. The second-order valence-electron chi connectivity index (χ2n) is 6.31. The van der Waals surface area contributed by atoms with Gasteiger partial charge in [-0.05, 0) is 37.0 Å². The van der Waals surface area contributed by atoms with Crippen LogP contribution in [0.4, 0.5) is 10.6 Å². The van der Waals surface area contributed by atoms with E-state index in [1.807, 2.05) is 48.4 Å². The molecule has 2 aromatic rings. The molecule has 2 aromatic heterocycles. The zero-order valence-corrected chi connectivity index (χ0v) is 14.2. The summed E-state index contributed by atoms with van der Waals surface area (Å²) in [6.45, 7) is 1.28. The zero-order valence-electron chi connectivity index (χ0n) is 14.2. The number of aromatic nitrogens is 3. The molecular weight excluding hydrogens is 304 g/mol. The second kappa shape index (κ2) is 7.33. The van der Waals surface area contributed by atoms with Gasteiger partial charge in [0.25, 0.3) is 0 Å². The number of nitrogens with zero attached hydrogens (tertiary/aromatic N) is 4. The molecule has 0 radical (unpaired) electrons. The number of likely N-dealkylation sites (tertiary alicyclic amines) is 1. The van der Waals surface area contributed by atoms with E-state index in [2.05, 4.69) is 20.5 Å². The normalized spacial score (nSPS) is 17.6. The predicted octanol–water partition coefficient (Wildman–Crippen LogP) is 2.31. The highest BCUT2D eigenvalue weighted by atomic mass is 16.2. The first-order chi connectivity index (χ1) is 11.6. The molecule has 0 aromatic carbocycles. The molecule has 0 saturated carbocycles. The molecule has 2 amide bonds. The van der Waals surface area contributed by atoms with Gasteiger partial charge in [-0.1, -0.05) is 0 Å². The van der Waals surface area contributed by atoms with E-state index in [-0.39, 0.29) is 12.1 Å². The fourth-order valence-electron chi connectivity index (χ4n) is 3.06. The van der Waals surface area contributed by atoms with Gasteiger partial charge < -0.3 is 15.1 Å². The Morgan fingerprint density at radius 2 is 2.33 bits per heavy atom. The van der Waals surface area contributed by atoms with Crippen LogP contribution >= 0.6 is 0 Å².